The second kappa shape index (κ2) is 16.3. The van der Waals surface area contributed by atoms with Gasteiger partial charge in [-0.05, 0) is 20.3 Å². The van der Waals surface area contributed by atoms with Crippen LogP contribution in [0.4, 0.5) is 0 Å². The Balaban J connectivity index is 3.64. The van der Waals surface area contributed by atoms with Gasteiger partial charge < -0.3 is 4.74 Å². The summed E-state index contributed by atoms with van der Waals surface area (Å²) in [6.07, 6.45) is 16.7. The molecule has 0 spiro atoms. The van der Waals surface area contributed by atoms with E-state index in [1.54, 1.807) is 13.8 Å². The smallest absolute Gasteiger partial charge is 0.327 e. The molecule has 1 N–H and O–H groups in total. The van der Waals surface area contributed by atoms with E-state index in [1.165, 1.54) is 64.2 Å². The zero-order valence-corrected chi connectivity index (χ0v) is 18.6. The standard InChI is InChI=1S/C21H42O5S/c1-4-5-6-7-8-9-10-11-12-13-14-15-16-17-18-20(27(23,24)25)21(22)26-19(2)3/h19-20H,4-18H2,1-3H3,(H,23,24,25). The lowest BCUT2D eigenvalue weighted by molar-refractivity contribution is -0.147. The van der Waals surface area contributed by atoms with E-state index in [1.807, 2.05) is 0 Å². The van der Waals surface area contributed by atoms with Crippen LogP contribution in [-0.2, 0) is 19.6 Å². The van der Waals surface area contributed by atoms with Gasteiger partial charge in [-0.2, -0.15) is 8.42 Å². The summed E-state index contributed by atoms with van der Waals surface area (Å²) in [6.45, 7) is 5.56. The van der Waals surface area contributed by atoms with Crippen molar-refractivity contribution in [3.8, 4) is 0 Å². The lowest BCUT2D eigenvalue weighted by Gasteiger charge is -2.15. The summed E-state index contributed by atoms with van der Waals surface area (Å²) in [5, 5.41) is -1.45. The molecule has 0 aliphatic rings. The maximum Gasteiger partial charge on any atom is 0.327 e. The largest absolute Gasteiger partial charge is 0.462 e. The fourth-order valence-corrected chi connectivity index (χ4v) is 3.98. The first kappa shape index (κ1) is 26.4. The molecule has 0 saturated heterocycles. The molecule has 0 fully saturated rings. The summed E-state index contributed by atoms with van der Waals surface area (Å²) >= 11 is 0. The van der Waals surface area contributed by atoms with E-state index in [-0.39, 0.29) is 6.42 Å². The van der Waals surface area contributed by atoms with Gasteiger partial charge in [0.25, 0.3) is 10.1 Å². The van der Waals surface area contributed by atoms with Gasteiger partial charge >= 0.3 is 5.97 Å². The van der Waals surface area contributed by atoms with Crippen LogP contribution in [0.2, 0.25) is 0 Å². The van der Waals surface area contributed by atoms with E-state index in [0.717, 1.165) is 19.3 Å². The first-order valence-corrected chi connectivity index (χ1v) is 12.5. The number of carbonyl (C=O) groups is 1. The van der Waals surface area contributed by atoms with E-state index < -0.39 is 27.4 Å². The highest BCUT2D eigenvalue weighted by molar-refractivity contribution is 7.87. The number of unbranched alkanes of at least 4 members (excludes halogenated alkanes) is 13. The van der Waals surface area contributed by atoms with Gasteiger partial charge in [0.15, 0.2) is 5.25 Å². The molecule has 162 valence electrons. The van der Waals surface area contributed by atoms with Crippen LogP contribution < -0.4 is 0 Å². The molecule has 0 rings (SSSR count). The van der Waals surface area contributed by atoms with E-state index in [4.69, 9.17) is 4.74 Å². The zero-order chi connectivity index (χ0) is 20.5. The summed E-state index contributed by atoms with van der Waals surface area (Å²) in [5.74, 6) is -0.845. The Morgan fingerprint density at radius 2 is 1.15 bits per heavy atom. The summed E-state index contributed by atoms with van der Waals surface area (Å²) in [4.78, 5) is 11.8. The average Bonchev–Trinajstić information content (AvgIpc) is 2.56. The minimum atomic E-state index is -4.40. The highest BCUT2D eigenvalue weighted by Gasteiger charge is 2.32. The molecule has 6 heteroatoms. The molecule has 5 nitrogen and oxygen atoms in total. The second-order valence-electron chi connectivity index (χ2n) is 7.87. The number of hydrogen-bond donors (Lipinski definition) is 1. The second-order valence-corrected chi connectivity index (χ2v) is 9.47. The van der Waals surface area contributed by atoms with Gasteiger partial charge in [0.1, 0.15) is 0 Å². The van der Waals surface area contributed by atoms with Gasteiger partial charge in [0.05, 0.1) is 6.10 Å². The van der Waals surface area contributed by atoms with Gasteiger partial charge in [-0.1, -0.05) is 96.8 Å². The summed E-state index contributed by atoms with van der Waals surface area (Å²) < 4.78 is 36.9. The van der Waals surface area contributed by atoms with Crippen molar-refractivity contribution in [2.75, 3.05) is 0 Å². The highest BCUT2D eigenvalue weighted by Crippen LogP contribution is 2.16. The maximum atomic E-state index is 11.8. The van der Waals surface area contributed by atoms with Crippen molar-refractivity contribution in [2.45, 2.75) is 128 Å². The maximum absolute atomic E-state index is 11.8. The third-order valence-corrected chi connectivity index (χ3v) is 5.94. The summed E-state index contributed by atoms with van der Waals surface area (Å²) in [6, 6.07) is 0. The van der Waals surface area contributed by atoms with Crippen LogP contribution in [0.1, 0.15) is 117 Å². The van der Waals surface area contributed by atoms with Crippen molar-refractivity contribution < 1.29 is 22.5 Å². The minimum Gasteiger partial charge on any atom is -0.462 e. The van der Waals surface area contributed by atoms with Gasteiger partial charge in [-0.15, -0.1) is 0 Å². The molecule has 0 aliphatic carbocycles. The molecular formula is C21H42O5S. The predicted octanol–water partition coefficient (Wildman–Crippen LogP) is 6.07. The van der Waals surface area contributed by atoms with Crippen molar-refractivity contribution in [2.24, 2.45) is 0 Å². The lowest BCUT2D eigenvalue weighted by Crippen LogP contribution is -2.33. The average molecular weight is 407 g/mol. The fraction of sp³-hybridized carbons (Fsp3) is 0.952. The van der Waals surface area contributed by atoms with E-state index in [9.17, 15) is 17.8 Å². The number of ether oxygens (including phenoxy) is 1. The highest BCUT2D eigenvalue weighted by atomic mass is 32.2. The van der Waals surface area contributed by atoms with Gasteiger partial charge in [0, 0.05) is 0 Å². The SMILES string of the molecule is CCCCCCCCCCCCCCCCC(C(=O)OC(C)C)S(=O)(=O)O. The molecular weight excluding hydrogens is 364 g/mol. The molecule has 0 aromatic heterocycles. The number of carbonyl (C=O) groups excluding carboxylic acids is 1. The van der Waals surface area contributed by atoms with Crippen LogP contribution in [0.15, 0.2) is 0 Å². The first-order chi connectivity index (χ1) is 12.8. The van der Waals surface area contributed by atoms with E-state index in [0.29, 0.717) is 6.42 Å². The van der Waals surface area contributed by atoms with Gasteiger partial charge in [-0.25, -0.2) is 0 Å². The Hall–Kier alpha value is -0.620. The quantitative estimate of drug-likeness (QED) is 0.170. The molecule has 0 aromatic carbocycles. The zero-order valence-electron chi connectivity index (χ0n) is 17.7. The van der Waals surface area contributed by atoms with E-state index >= 15 is 0 Å². The molecule has 0 heterocycles. The van der Waals surface area contributed by atoms with E-state index in [2.05, 4.69) is 6.92 Å². The third kappa shape index (κ3) is 16.1. The third-order valence-electron chi connectivity index (χ3n) is 4.79. The Morgan fingerprint density at radius 3 is 1.48 bits per heavy atom. The van der Waals surface area contributed by atoms with Gasteiger partial charge in [0.2, 0.25) is 0 Å². The van der Waals surface area contributed by atoms with Gasteiger partial charge in [-0.3, -0.25) is 9.35 Å². The van der Waals surface area contributed by atoms with Crippen molar-refractivity contribution in [1.82, 2.24) is 0 Å². The summed E-state index contributed by atoms with van der Waals surface area (Å²) in [7, 11) is -4.40. The van der Waals surface area contributed by atoms with Crippen molar-refractivity contribution in [3.05, 3.63) is 0 Å². The van der Waals surface area contributed by atoms with Crippen LogP contribution in [0.3, 0.4) is 0 Å². The number of rotatable bonds is 18. The van der Waals surface area contributed by atoms with Crippen LogP contribution in [-0.4, -0.2) is 30.3 Å². The van der Waals surface area contributed by atoms with Crippen molar-refractivity contribution >= 4 is 16.1 Å². The van der Waals surface area contributed by atoms with Crippen LogP contribution in [0.25, 0.3) is 0 Å². The van der Waals surface area contributed by atoms with Crippen molar-refractivity contribution in [3.63, 3.8) is 0 Å². The molecule has 0 saturated carbocycles. The molecule has 0 radical (unpaired) electrons. The summed E-state index contributed by atoms with van der Waals surface area (Å²) in [5.41, 5.74) is 0. The number of hydrogen-bond acceptors (Lipinski definition) is 4. The fourth-order valence-electron chi connectivity index (χ4n) is 3.22. The molecule has 0 aromatic rings. The molecule has 1 unspecified atom stereocenters. The van der Waals surface area contributed by atoms with Crippen LogP contribution >= 0.6 is 0 Å². The topological polar surface area (TPSA) is 80.7 Å². The Bertz CT molecular complexity index is 459. The van der Waals surface area contributed by atoms with Crippen LogP contribution in [0, 0.1) is 0 Å². The predicted molar refractivity (Wildman–Crippen MR) is 111 cm³/mol. The Kier molecular flexibility index (Phi) is 16.0. The van der Waals surface area contributed by atoms with Crippen molar-refractivity contribution in [1.29, 1.82) is 0 Å². The van der Waals surface area contributed by atoms with Crippen LogP contribution in [0.5, 0.6) is 0 Å². The monoisotopic (exact) mass is 406 g/mol. The molecule has 0 amide bonds. The lowest BCUT2D eigenvalue weighted by atomic mass is 10.0. The Morgan fingerprint density at radius 1 is 0.778 bits per heavy atom. The normalized spacial score (nSPS) is 13.1. The molecule has 0 aliphatic heterocycles. The first-order valence-electron chi connectivity index (χ1n) is 11.0. The molecule has 1 atom stereocenters. The Labute approximate surface area is 167 Å². The molecule has 27 heavy (non-hydrogen) atoms. The molecule has 0 bridgehead atoms. The number of esters is 1. The minimum absolute atomic E-state index is 0.127.